The number of rotatable bonds is 2. The van der Waals surface area contributed by atoms with Gasteiger partial charge in [-0.1, -0.05) is 12.7 Å². The zero-order chi connectivity index (χ0) is 8.10. The summed E-state index contributed by atoms with van der Waals surface area (Å²) in [6.07, 6.45) is 8.19. The lowest BCUT2D eigenvalue weighted by Crippen LogP contribution is -2.27. The van der Waals surface area contributed by atoms with Crippen molar-refractivity contribution in [2.75, 3.05) is 13.1 Å². The summed E-state index contributed by atoms with van der Waals surface area (Å²) < 4.78 is 0. The van der Waals surface area contributed by atoms with E-state index in [1.807, 2.05) is 6.92 Å². The van der Waals surface area contributed by atoms with Crippen molar-refractivity contribution in [3.05, 3.63) is 24.4 Å². The van der Waals surface area contributed by atoms with Crippen LogP contribution in [0.25, 0.3) is 0 Å². The fraction of sp³-hybridized carbons (Fsp3) is 0.600. The van der Waals surface area contributed by atoms with E-state index in [9.17, 15) is 0 Å². The molecule has 1 fully saturated rings. The number of likely N-dealkylation sites (tertiary alicyclic amines) is 1. The van der Waals surface area contributed by atoms with Crippen molar-refractivity contribution in [3.8, 4) is 0 Å². The molecule has 1 nitrogen and oxygen atoms in total. The average molecular weight is 151 g/mol. The van der Waals surface area contributed by atoms with Crippen molar-refractivity contribution in [1.82, 2.24) is 4.90 Å². The largest absolute Gasteiger partial charge is 0.372 e. The zero-order valence-electron chi connectivity index (χ0n) is 7.34. The van der Waals surface area contributed by atoms with Gasteiger partial charge in [-0.25, -0.2) is 0 Å². The Labute approximate surface area is 69.4 Å². The van der Waals surface area contributed by atoms with Crippen LogP contribution in [0.2, 0.25) is 0 Å². The molecule has 1 aliphatic heterocycles. The summed E-state index contributed by atoms with van der Waals surface area (Å²) in [4.78, 5) is 2.36. The molecule has 1 rings (SSSR count). The van der Waals surface area contributed by atoms with Gasteiger partial charge in [0.05, 0.1) is 0 Å². The third kappa shape index (κ3) is 2.41. The summed E-state index contributed by atoms with van der Waals surface area (Å²) in [5.41, 5.74) is 1.17. The molecule has 62 valence electrons. The van der Waals surface area contributed by atoms with Crippen molar-refractivity contribution >= 4 is 0 Å². The summed E-state index contributed by atoms with van der Waals surface area (Å²) >= 11 is 0. The molecule has 0 bridgehead atoms. The molecule has 1 aliphatic rings. The Morgan fingerprint density at radius 2 is 1.91 bits per heavy atom. The van der Waals surface area contributed by atoms with Gasteiger partial charge in [0.25, 0.3) is 0 Å². The molecule has 1 saturated heterocycles. The first-order valence-corrected chi connectivity index (χ1v) is 4.41. The Morgan fingerprint density at radius 3 is 2.45 bits per heavy atom. The van der Waals surface area contributed by atoms with Crippen molar-refractivity contribution < 1.29 is 0 Å². The van der Waals surface area contributed by atoms with Crippen LogP contribution in [0, 0.1) is 0 Å². The van der Waals surface area contributed by atoms with Gasteiger partial charge < -0.3 is 4.90 Å². The minimum Gasteiger partial charge on any atom is -0.372 e. The van der Waals surface area contributed by atoms with E-state index in [2.05, 4.69) is 23.6 Å². The van der Waals surface area contributed by atoms with Crippen LogP contribution in [0.3, 0.4) is 0 Å². The molecule has 0 aliphatic carbocycles. The molecular formula is C10H17N. The molecule has 0 radical (unpaired) electrons. The summed E-state index contributed by atoms with van der Waals surface area (Å²) in [5, 5.41) is 0. The molecule has 11 heavy (non-hydrogen) atoms. The molecule has 0 atom stereocenters. The Morgan fingerprint density at radius 1 is 1.27 bits per heavy atom. The number of hydrogen-bond acceptors (Lipinski definition) is 1. The van der Waals surface area contributed by atoms with Gasteiger partial charge in [-0.05, 0) is 32.3 Å². The lowest BCUT2D eigenvalue weighted by molar-refractivity contribution is 0.294. The highest BCUT2D eigenvalue weighted by molar-refractivity contribution is 5.12. The van der Waals surface area contributed by atoms with Gasteiger partial charge in [0.2, 0.25) is 0 Å². The van der Waals surface area contributed by atoms with E-state index in [4.69, 9.17) is 0 Å². The maximum atomic E-state index is 4.01. The first kappa shape index (κ1) is 8.38. The topological polar surface area (TPSA) is 3.24 Å². The van der Waals surface area contributed by atoms with Crippen LogP contribution >= 0.6 is 0 Å². The quantitative estimate of drug-likeness (QED) is 0.548. The van der Waals surface area contributed by atoms with Crippen LogP contribution in [0.5, 0.6) is 0 Å². The van der Waals surface area contributed by atoms with Gasteiger partial charge in [0, 0.05) is 18.8 Å². The smallest absolute Gasteiger partial charge is 0.0289 e. The molecular weight excluding hydrogens is 134 g/mol. The van der Waals surface area contributed by atoms with Crippen LogP contribution < -0.4 is 0 Å². The second-order valence-corrected chi connectivity index (χ2v) is 3.04. The van der Waals surface area contributed by atoms with Crippen molar-refractivity contribution in [1.29, 1.82) is 0 Å². The lowest BCUT2D eigenvalue weighted by atomic mass is 10.1. The highest BCUT2D eigenvalue weighted by Crippen LogP contribution is 2.13. The molecule has 0 amide bonds. The first-order chi connectivity index (χ1) is 5.34. The zero-order valence-corrected chi connectivity index (χ0v) is 7.34. The monoisotopic (exact) mass is 151 g/mol. The maximum Gasteiger partial charge on any atom is 0.0289 e. The van der Waals surface area contributed by atoms with E-state index < -0.39 is 0 Å². The Hall–Kier alpha value is -0.720. The van der Waals surface area contributed by atoms with Crippen LogP contribution in [0.1, 0.15) is 26.2 Å². The van der Waals surface area contributed by atoms with Gasteiger partial charge in [0.15, 0.2) is 0 Å². The van der Waals surface area contributed by atoms with Gasteiger partial charge in [0.1, 0.15) is 0 Å². The van der Waals surface area contributed by atoms with Crippen LogP contribution in [0.4, 0.5) is 0 Å². The fourth-order valence-corrected chi connectivity index (χ4v) is 1.48. The van der Waals surface area contributed by atoms with Gasteiger partial charge >= 0.3 is 0 Å². The third-order valence-electron chi connectivity index (χ3n) is 2.12. The second kappa shape index (κ2) is 4.22. The number of piperidine rings is 1. The van der Waals surface area contributed by atoms with E-state index in [0.717, 1.165) is 0 Å². The molecule has 0 unspecified atom stereocenters. The van der Waals surface area contributed by atoms with E-state index in [1.54, 1.807) is 0 Å². The Bertz CT molecular complexity index is 152. The standard InChI is InChI=1S/C10H17N/c1-3-7-10(2)11-8-5-4-6-9-11/h3,7H,2,4-6,8-9H2,1H3. The summed E-state index contributed by atoms with van der Waals surface area (Å²) in [5.74, 6) is 0. The van der Waals surface area contributed by atoms with Crippen LogP contribution in [-0.2, 0) is 0 Å². The summed E-state index contributed by atoms with van der Waals surface area (Å²) in [6.45, 7) is 8.44. The van der Waals surface area contributed by atoms with E-state index >= 15 is 0 Å². The lowest BCUT2D eigenvalue weighted by Gasteiger charge is -2.28. The molecule has 0 aromatic carbocycles. The summed E-state index contributed by atoms with van der Waals surface area (Å²) in [6, 6.07) is 0. The third-order valence-corrected chi connectivity index (χ3v) is 2.12. The molecule has 0 saturated carbocycles. The molecule has 0 aromatic heterocycles. The molecule has 0 aromatic rings. The number of nitrogens with zero attached hydrogens (tertiary/aromatic N) is 1. The van der Waals surface area contributed by atoms with Gasteiger partial charge in [-0.3, -0.25) is 0 Å². The Balaban J connectivity index is 2.38. The van der Waals surface area contributed by atoms with Crippen LogP contribution in [0.15, 0.2) is 24.4 Å². The minimum atomic E-state index is 1.17. The highest BCUT2D eigenvalue weighted by atomic mass is 15.1. The number of allylic oxidation sites excluding steroid dienone is 2. The molecule has 0 spiro atoms. The van der Waals surface area contributed by atoms with Gasteiger partial charge in [-0.15, -0.1) is 0 Å². The predicted molar refractivity (Wildman–Crippen MR) is 49.4 cm³/mol. The SMILES string of the molecule is C=C(C=CC)N1CCCCC1. The van der Waals surface area contributed by atoms with E-state index in [-0.39, 0.29) is 0 Å². The highest BCUT2D eigenvalue weighted by Gasteiger charge is 2.08. The van der Waals surface area contributed by atoms with Gasteiger partial charge in [-0.2, -0.15) is 0 Å². The fourth-order valence-electron chi connectivity index (χ4n) is 1.48. The second-order valence-electron chi connectivity index (χ2n) is 3.04. The number of hydrogen-bond donors (Lipinski definition) is 0. The Kier molecular flexibility index (Phi) is 3.21. The van der Waals surface area contributed by atoms with Crippen LogP contribution in [-0.4, -0.2) is 18.0 Å². The molecule has 1 heterocycles. The summed E-state index contributed by atoms with van der Waals surface area (Å²) in [7, 11) is 0. The van der Waals surface area contributed by atoms with Crippen molar-refractivity contribution in [3.63, 3.8) is 0 Å². The minimum absolute atomic E-state index is 1.17. The molecule has 0 N–H and O–H groups in total. The first-order valence-electron chi connectivity index (χ1n) is 4.41. The van der Waals surface area contributed by atoms with Crippen molar-refractivity contribution in [2.24, 2.45) is 0 Å². The average Bonchev–Trinajstić information content (AvgIpc) is 2.07. The molecule has 1 heteroatoms. The van der Waals surface area contributed by atoms with E-state index in [1.165, 1.54) is 38.0 Å². The van der Waals surface area contributed by atoms with E-state index in [0.29, 0.717) is 0 Å². The maximum absolute atomic E-state index is 4.01. The predicted octanol–water partition coefficient (Wildman–Crippen LogP) is 2.56. The normalized spacial score (nSPS) is 19.2. The van der Waals surface area contributed by atoms with Crippen molar-refractivity contribution in [2.45, 2.75) is 26.2 Å².